The molecule has 3 rings (SSSR count). The Kier molecular flexibility index (Phi) is 5.09. The smallest absolute Gasteiger partial charge is 0.151 e. The zero-order valence-electron chi connectivity index (χ0n) is 13.0. The molecule has 2 atom stereocenters. The van der Waals surface area contributed by atoms with Gasteiger partial charge in [-0.15, -0.1) is 0 Å². The summed E-state index contributed by atoms with van der Waals surface area (Å²) in [4.78, 5) is 0. The Balaban J connectivity index is 1.88. The number of benzene rings is 2. The molecular weight excluding hydrogens is 274 g/mol. The molecule has 0 bridgehead atoms. The first-order chi connectivity index (χ1) is 10.9. The van der Waals surface area contributed by atoms with Gasteiger partial charge in [-0.25, -0.2) is 0 Å². The molecular formula is C19H23NO2. The standard InChI is InChI=1S/C19H23NO2/c1-2-15-8-6-7-11-17(15)22-19(16-9-4-3-5-10-16)18-14-20-12-13-21-18/h3-11,18-20H,2,12-14H2,1H3. The summed E-state index contributed by atoms with van der Waals surface area (Å²) in [6.07, 6.45) is 0.893. The molecule has 22 heavy (non-hydrogen) atoms. The fourth-order valence-electron chi connectivity index (χ4n) is 2.83. The van der Waals surface area contributed by atoms with Crippen LogP contribution in [0.5, 0.6) is 5.75 Å². The van der Waals surface area contributed by atoms with Crippen LogP contribution in [0, 0.1) is 0 Å². The van der Waals surface area contributed by atoms with Crippen molar-refractivity contribution in [1.29, 1.82) is 0 Å². The number of hydrogen-bond acceptors (Lipinski definition) is 3. The molecule has 1 aliphatic rings. The van der Waals surface area contributed by atoms with Gasteiger partial charge in [-0.3, -0.25) is 0 Å². The van der Waals surface area contributed by atoms with Gasteiger partial charge in [0.05, 0.1) is 6.61 Å². The average molecular weight is 297 g/mol. The van der Waals surface area contributed by atoms with E-state index in [9.17, 15) is 0 Å². The molecule has 2 aromatic carbocycles. The molecule has 1 fully saturated rings. The second-order valence-electron chi connectivity index (χ2n) is 5.52. The van der Waals surface area contributed by atoms with Crippen molar-refractivity contribution in [2.45, 2.75) is 25.6 Å². The summed E-state index contributed by atoms with van der Waals surface area (Å²) in [5.74, 6) is 0.952. The SMILES string of the molecule is CCc1ccccc1OC(c1ccccc1)C1CNCCO1. The average Bonchev–Trinajstić information content (AvgIpc) is 2.61. The van der Waals surface area contributed by atoms with Crippen molar-refractivity contribution in [1.82, 2.24) is 5.32 Å². The Morgan fingerprint density at radius 3 is 2.64 bits per heavy atom. The zero-order valence-corrected chi connectivity index (χ0v) is 13.0. The Morgan fingerprint density at radius 1 is 1.14 bits per heavy atom. The summed E-state index contributed by atoms with van der Waals surface area (Å²) in [5.41, 5.74) is 2.38. The molecule has 1 aliphatic heterocycles. The van der Waals surface area contributed by atoms with Gasteiger partial charge in [0.1, 0.15) is 11.9 Å². The largest absolute Gasteiger partial charge is 0.483 e. The van der Waals surface area contributed by atoms with E-state index in [1.54, 1.807) is 0 Å². The van der Waals surface area contributed by atoms with E-state index in [-0.39, 0.29) is 12.2 Å². The van der Waals surface area contributed by atoms with E-state index < -0.39 is 0 Å². The summed E-state index contributed by atoms with van der Waals surface area (Å²) in [7, 11) is 0. The first kappa shape index (κ1) is 15.1. The van der Waals surface area contributed by atoms with Crippen molar-refractivity contribution in [3.05, 3.63) is 65.7 Å². The van der Waals surface area contributed by atoms with Crippen LogP contribution in [-0.4, -0.2) is 25.8 Å². The fourth-order valence-corrected chi connectivity index (χ4v) is 2.83. The highest BCUT2D eigenvalue weighted by molar-refractivity contribution is 5.34. The van der Waals surface area contributed by atoms with Crippen molar-refractivity contribution in [2.24, 2.45) is 0 Å². The molecule has 2 aromatic rings. The van der Waals surface area contributed by atoms with Crippen LogP contribution in [0.3, 0.4) is 0 Å². The number of rotatable bonds is 5. The molecule has 0 saturated carbocycles. The number of para-hydroxylation sites is 1. The van der Waals surface area contributed by atoms with Crippen LogP contribution in [0.15, 0.2) is 54.6 Å². The molecule has 0 aliphatic carbocycles. The molecule has 116 valence electrons. The number of aryl methyl sites for hydroxylation is 1. The van der Waals surface area contributed by atoms with E-state index in [4.69, 9.17) is 9.47 Å². The molecule has 1 N–H and O–H groups in total. The molecule has 0 aromatic heterocycles. The van der Waals surface area contributed by atoms with Gasteiger partial charge in [0, 0.05) is 13.1 Å². The molecule has 2 unspecified atom stereocenters. The van der Waals surface area contributed by atoms with Gasteiger partial charge in [-0.05, 0) is 23.6 Å². The van der Waals surface area contributed by atoms with Crippen LogP contribution in [0.4, 0.5) is 0 Å². The molecule has 0 amide bonds. The highest BCUT2D eigenvalue weighted by atomic mass is 16.5. The van der Waals surface area contributed by atoms with Crippen LogP contribution in [-0.2, 0) is 11.2 Å². The topological polar surface area (TPSA) is 30.5 Å². The van der Waals surface area contributed by atoms with Crippen molar-refractivity contribution < 1.29 is 9.47 Å². The lowest BCUT2D eigenvalue weighted by molar-refractivity contribution is -0.0434. The van der Waals surface area contributed by atoms with Crippen LogP contribution in [0.1, 0.15) is 24.2 Å². The maximum Gasteiger partial charge on any atom is 0.151 e. The molecule has 3 heteroatoms. The van der Waals surface area contributed by atoms with Gasteiger partial charge in [-0.2, -0.15) is 0 Å². The van der Waals surface area contributed by atoms with E-state index in [1.165, 1.54) is 5.56 Å². The third-order valence-electron chi connectivity index (χ3n) is 4.03. The maximum atomic E-state index is 6.40. The normalized spacial score (nSPS) is 19.6. The molecule has 1 heterocycles. The molecule has 0 radical (unpaired) electrons. The number of morpholine rings is 1. The van der Waals surface area contributed by atoms with Crippen molar-refractivity contribution in [3.8, 4) is 5.75 Å². The first-order valence-corrected chi connectivity index (χ1v) is 8.00. The number of nitrogens with one attached hydrogen (secondary N) is 1. The van der Waals surface area contributed by atoms with Gasteiger partial charge in [-0.1, -0.05) is 55.5 Å². The first-order valence-electron chi connectivity index (χ1n) is 8.00. The van der Waals surface area contributed by atoms with E-state index >= 15 is 0 Å². The summed E-state index contributed by atoms with van der Waals surface area (Å²) in [6.45, 7) is 4.60. The van der Waals surface area contributed by atoms with Gasteiger partial charge in [0.25, 0.3) is 0 Å². The Hall–Kier alpha value is -1.84. The predicted molar refractivity (Wildman–Crippen MR) is 88.2 cm³/mol. The minimum Gasteiger partial charge on any atom is -0.483 e. The summed E-state index contributed by atoms with van der Waals surface area (Å²) in [6, 6.07) is 18.6. The Morgan fingerprint density at radius 2 is 1.91 bits per heavy atom. The minimum absolute atomic E-state index is 0.0288. The lowest BCUT2D eigenvalue weighted by Gasteiger charge is -2.32. The third kappa shape index (κ3) is 3.49. The van der Waals surface area contributed by atoms with Gasteiger partial charge >= 0.3 is 0 Å². The van der Waals surface area contributed by atoms with Gasteiger partial charge < -0.3 is 14.8 Å². The number of hydrogen-bond donors (Lipinski definition) is 1. The van der Waals surface area contributed by atoms with Crippen molar-refractivity contribution >= 4 is 0 Å². The quantitative estimate of drug-likeness (QED) is 0.918. The lowest BCUT2D eigenvalue weighted by Crippen LogP contribution is -2.43. The van der Waals surface area contributed by atoms with E-state index in [1.807, 2.05) is 30.3 Å². The van der Waals surface area contributed by atoms with Crippen LogP contribution in [0.25, 0.3) is 0 Å². The van der Waals surface area contributed by atoms with Gasteiger partial charge in [0.2, 0.25) is 0 Å². The second kappa shape index (κ2) is 7.43. The van der Waals surface area contributed by atoms with E-state index in [0.717, 1.165) is 37.4 Å². The summed E-state index contributed by atoms with van der Waals surface area (Å²) < 4.78 is 12.3. The number of ether oxygens (including phenoxy) is 2. The van der Waals surface area contributed by atoms with Crippen LogP contribution >= 0.6 is 0 Å². The van der Waals surface area contributed by atoms with Crippen LogP contribution < -0.4 is 10.1 Å². The van der Waals surface area contributed by atoms with Crippen LogP contribution in [0.2, 0.25) is 0 Å². The zero-order chi connectivity index (χ0) is 15.2. The molecule has 1 saturated heterocycles. The molecule has 0 spiro atoms. The van der Waals surface area contributed by atoms with Crippen molar-refractivity contribution in [3.63, 3.8) is 0 Å². The summed E-state index contributed by atoms with van der Waals surface area (Å²) in [5, 5.41) is 3.39. The monoisotopic (exact) mass is 297 g/mol. The highest BCUT2D eigenvalue weighted by Crippen LogP contribution is 2.29. The van der Waals surface area contributed by atoms with Crippen molar-refractivity contribution in [2.75, 3.05) is 19.7 Å². The lowest BCUT2D eigenvalue weighted by atomic mass is 10.0. The van der Waals surface area contributed by atoms with E-state index in [2.05, 4.69) is 36.5 Å². The summed E-state index contributed by atoms with van der Waals surface area (Å²) >= 11 is 0. The third-order valence-corrected chi connectivity index (χ3v) is 4.03. The Labute approximate surface area is 132 Å². The Bertz CT molecular complexity index is 579. The predicted octanol–water partition coefficient (Wildman–Crippen LogP) is 3.36. The fraction of sp³-hybridized carbons (Fsp3) is 0.368. The highest BCUT2D eigenvalue weighted by Gasteiger charge is 2.28. The van der Waals surface area contributed by atoms with Gasteiger partial charge in [0.15, 0.2) is 6.10 Å². The maximum absolute atomic E-state index is 6.40. The van der Waals surface area contributed by atoms with E-state index in [0.29, 0.717) is 0 Å². The molecule has 3 nitrogen and oxygen atoms in total. The second-order valence-corrected chi connectivity index (χ2v) is 5.52. The minimum atomic E-state index is -0.0956.